The minimum absolute atomic E-state index is 0.00743. The molecule has 1 N–H and O–H groups in total. The lowest BCUT2D eigenvalue weighted by molar-refractivity contribution is 0.0988. The number of benzene rings is 4. The van der Waals surface area contributed by atoms with Crippen LogP contribution in [0.1, 0.15) is 21.5 Å². The second-order valence-corrected chi connectivity index (χ2v) is 13.4. The summed E-state index contributed by atoms with van der Waals surface area (Å²) >= 11 is 0. The summed E-state index contributed by atoms with van der Waals surface area (Å²) in [7, 11) is -8.31. The normalized spacial score (nSPS) is 15.9. The van der Waals surface area contributed by atoms with Gasteiger partial charge in [-0.1, -0.05) is 47.5 Å². The van der Waals surface area contributed by atoms with Gasteiger partial charge in [-0.3, -0.25) is 9.10 Å². The lowest BCUT2D eigenvalue weighted by Crippen LogP contribution is -2.51. The second-order valence-electron chi connectivity index (χ2n) is 9.84. The topological polar surface area (TPSA) is 104 Å². The molecule has 1 aliphatic heterocycles. The lowest BCUT2D eigenvalue weighted by atomic mass is 10.1. The number of aryl methyl sites for hydroxylation is 2. The predicted octanol–water partition coefficient (Wildman–Crippen LogP) is 4.65. The van der Waals surface area contributed by atoms with Crippen molar-refractivity contribution in [3.63, 3.8) is 0 Å². The Hall–Kier alpha value is -4.06. The highest BCUT2D eigenvalue weighted by atomic mass is 32.2. The van der Waals surface area contributed by atoms with Crippen LogP contribution < -0.4 is 13.9 Å². The summed E-state index contributed by atoms with van der Waals surface area (Å²) in [6, 6.07) is 23.0. The molecule has 0 bridgehead atoms. The molecule has 0 fully saturated rings. The Morgan fingerprint density at radius 2 is 1.34 bits per heavy atom. The van der Waals surface area contributed by atoms with Crippen molar-refractivity contribution in [3.05, 3.63) is 120 Å². The van der Waals surface area contributed by atoms with Crippen molar-refractivity contribution in [1.29, 1.82) is 0 Å². The van der Waals surface area contributed by atoms with Crippen molar-refractivity contribution < 1.29 is 26.0 Å². The SMILES string of the molecule is Cc1ccc(S(=O)(=O)NCC2CN(c3ccc(F)cc3)C(=O)c3ccccc3N2S(=O)(=O)c2ccc(C)cc2)cc1. The summed E-state index contributed by atoms with van der Waals surface area (Å²) in [5.74, 6) is -0.998. The van der Waals surface area contributed by atoms with E-state index >= 15 is 0 Å². The average Bonchev–Trinajstić information content (AvgIpc) is 3.07. The maximum atomic E-state index is 14.2. The van der Waals surface area contributed by atoms with E-state index in [-0.39, 0.29) is 34.1 Å². The van der Waals surface area contributed by atoms with E-state index in [4.69, 9.17) is 0 Å². The Morgan fingerprint density at radius 1 is 0.780 bits per heavy atom. The fraction of sp³-hybridized carbons (Fsp3) is 0.167. The zero-order chi connectivity index (χ0) is 29.4. The van der Waals surface area contributed by atoms with Crippen molar-refractivity contribution in [2.45, 2.75) is 29.7 Å². The van der Waals surface area contributed by atoms with Crippen LogP contribution in [0.4, 0.5) is 15.8 Å². The Bertz CT molecular complexity index is 1790. The Balaban J connectivity index is 1.64. The molecule has 11 heteroatoms. The number of fused-ring (bicyclic) bond motifs is 1. The van der Waals surface area contributed by atoms with Crippen LogP contribution in [-0.4, -0.2) is 41.9 Å². The van der Waals surface area contributed by atoms with Gasteiger partial charge in [-0.2, -0.15) is 0 Å². The standard InChI is InChI=1S/C30H28FN3O5S2/c1-21-7-15-26(16-8-21)40(36,37)32-19-25-20-33(24-13-11-23(31)12-14-24)30(35)28-5-3-4-6-29(28)34(25)41(38,39)27-17-9-22(2)10-18-27/h3-18,25,32H,19-20H2,1-2H3. The molecule has 0 spiro atoms. The first-order chi connectivity index (χ1) is 19.5. The summed E-state index contributed by atoms with van der Waals surface area (Å²) < 4.78 is 72.3. The number of sulfonamides is 2. The van der Waals surface area contributed by atoms with E-state index in [1.54, 1.807) is 36.4 Å². The maximum Gasteiger partial charge on any atom is 0.264 e. The molecule has 212 valence electrons. The third kappa shape index (κ3) is 5.74. The molecule has 0 aromatic heterocycles. The van der Waals surface area contributed by atoms with Crippen molar-refractivity contribution in [3.8, 4) is 0 Å². The van der Waals surface area contributed by atoms with Gasteiger partial charge in [0.25, 0.3) is 15.9 Å². The summed E-state index contributed by atoms with van der Waals surface area (Å²) in [6.45, 7) is 3.11. The van der Waals surface area contributed by atoms with Gasteiger partial charge in [0, 0.05) is 18.8 Å². The highest BCUT2D eigenvalue weighted by Gasteiger charge is 2.40. The summed E-state index contributed by atoms with van der Waals surface area (Å²) in [5, 5.41) is 0. The first-order valence-corrected chi connectivity index (χ1v) is 15.7. The molecule has 1 atom stereocenters. The number of halogens is 1. The number of rotatable bonds is 7. The Kier molecular flexibility index (Phi) is 7.69. The zero-order valence-corrected chi connectivity index (χ0v) is 24.0. The van der Waals surface area contributed by atoms with Gasteiger partial charge in [0.1, 0.15) is 5.82 Å². The third-order valence-corrected chi connectivity index (χ3v) is 10.2. The van der Waals surface area contributed by atoms with Crippen LogP contribution in [0.5, 0.6) is 0 Å². The fourth-order valence-corrected chi connectivity index (χ4v) is 7.44. The van der Waals surface area contributed by atoms with Gasteiger partial charge in [0.15, 0.2) is 0 Å². The number of hydrogen-bond acceptors (Lipinski definition) is 5. The van der Waals surface area contributed by atoms with E-state index in [9.17, 15) is 26.0 Å². The summed E-state index contributed by atoms with van der Waals surface area (Å²) in [4.78, 5) is 15.2. The van der Waals surface area contributed by atoms with Crippen LogP contribution in [0.15, 0.2) is 107 Å². The van der Waals surface area contributed by atoms with Gasteiger partial charge in [0.2, 0.25) is 10.0 Å². The molecule has 1 amide bonds. The van der Waals surface area contributed by atoms with Gasteiger partial charge in [-0.25, -0.2) is 25.9 Å². The predicted molar refractivity (Wildman–Crippen MR) is 156 cm³/mol. The molecular weight excluding hydrogens is 565 g/mol. The smallest absolute Gasteiger partial charge is 0.264 e. The summed E-state index contributed by atoms with van der Waals surface area (Å²) in [5.41, 5.74) is 2.30. The molecule has 5 rings (SSSR count). The fourth-order valence-electron chi connectivity index (χ4n) is 4.70. The van der Waals surface area contributed by atoms with Crippen LogP contribution in [0.25, 0.3) is 0 Å². The quantitative estimate of drug-likeness (QED) is 0.336. The van der Waals surface area contributed by atoms with Crippen LogP contribution in [0.3, 0.4) is 0 Å². The average molecular weight is 594 g/mol. The molecule has 1 aliphatic rings. The molecule has 4 aromatic rings. The Morgan fingerprint density at radius 3 is 1.95 bits per heavy atom. The van der Waals surface area contributed by atoms with Gasteiger partial charge >= 0.3 is 0 Å². The molecule has 8 nitrogen and oxygen atoms in total. The molecular formula is C30H28FN3O5S2. The minimum atomic E-state index is -4.28. The van der Waals surface area contributed by atoms with E-state index in [0.717, 1.165) is 15.4 Å². The number of amides is 1. The first-order valence-electron chi connectivity index (χ1n) is 12.8. The number of carbonyl (C=O) groups excluding carboxylic acids is 1. The lowest BCUT2D eigenvalue weighted by Gasteiger charge is -2.33. The highest BCUT2D eigenvalue weighted by molar-refractivity contribution is 7.93. The van der Waals surface area contributed by atoms with Crippen molar-refractivity contribution in [2.24, 2.45) is 0 Å². The van der Waals surface area contributed by atoms with E-state index in [0.29, 0.717) is 5.69 Å². The van der Waals surface area contributed by atoms with E-state index in [1.807, 2.05) is 13.8 Å². The van der Waals surface area contributed by atoms with E-state index in [2.05, 4.69) is 4.72 Å². The number of nitrogens with one attached hydrogen (secondary N) is 1. The largest absolute Gasteiger partial charge is 0.306 e. The van der Waals surface area contributed by atoms with Crippen LogP contribution in [0, 0.1) is 19.7 Å². The highest BCUT2D eigenvalue weighted by Crippen LogP contribution is 2.35. The van der Waals surface area contributed by atoms with Crippen LogP contribution >= 0.6 is 0 Å². The number of hydrogen-bond donors (Lipinski definition) is 1. The molecule has 0 radical (unpaired) electrons. The van der Waals surface area contributed by atoms with Gasteiger partial charge in [-0.05, 0) is 74.5 Å². The maximum absolute atomic E-state index is 14.2. The van der Waals surface area contributed by atoms with Gasteiger partial charge in [-0.15, -0.1) is 0 Å². The molecule has 4 aromatic carbocycles. The molecule has 41 heavy (non-hydrogen) atoms. The van der Waals surface area contributed by atoms with Crippen LogP contribution in [0.2, 0.25) is 0 Å². The number of nitrogens with zero attached hydrogens (tertiary/aromatic N) is 2. The Labute approximate surface area is 239 Å². The van der Waals surface area contributed by atoms with E-state index in [1.165, 1.54) is 65.6 Å². The summed E-state index contributed by atoms with van der Waals surface area (Å²) in [6.07, 6.45) is 0. The monoisotopic (exact) mass is 593 g/mol. The van der Waals surface area contributed by atoms with Crippen LogP contribution in [-0.2, 0) is 20.0 Å². The first kappa shape index (κ1) is 28.5. The van der Waals surface area contributed by atoms with Crippen molar-refractivity contribution in [1.82, 2.24) is 4.72 Å². The molecule has 1 unspecified atom stereocenters. The van der Waals surface area contributed by atoms with Gasteiger partial charge < -0.3 is 4.90 Å². The second kappa shape index (κ2) is 11.1. The molecule has 0 saturated heterocycles. The number of para-hydroxylation sites is 1. The minimum Gasteiger partial charge on any atom is -0.306 e. The third-order valence-electron chi connectivity index (χ3n) is 6.90. The number of carbonyl (C=O) groups is 1. The van der Waals surface area contributed by atoms with Gasteiger partial charge in [0.05, 0.1) is 27.1 Å². The zero-order valence-electron chi connectivity index (χ0n) is 22.4. The van der Waals surface area contributed by atoms with Crippen molar-refractivity contribution >= 4 is 37.3 Å². The molecule has 1 heterocycles. The molecule has 0 aliphatic carbocycles. The molecule has 0 saturated carbocycles. The van der Waals surface area contributed by atoms with E-state index < -0.39 is 37.8 Å². The van der Waals surface area contributed by atoms with Crippen molar-refractivity contribution in [2.75, 3.05) is 22.3 Å². The number of anilines is 2.